The second-order valence-corrected chi connectivity index (χ2v) is 7.01. The number of hydrogen-bond donors (Lipinski definition) is 0. The van der Waals surface area contributed by atoms with Crippen LogP contribution in [0.25, 0.3) is 0 Å². The van der Waals surface area contributed by atoms with Crippen molar-refractivity contribution in [3.63, 3.8) is 0 Å². The van der Waals surface area contributed by atoms with Crippen LogP contribution in [0.5, 0.6) is 11.5 Å². The molecule has 2 aromatic carbocycles. The van der Waals surface area contributed by atoms with E-state index in [2.05, 4.69) is 26.0 Å². The van der Waals surface area contributed by atoms with Crippen molar-refractivity contribution in [3.05, 3.63) is 59.2 Å². The molecule has 0 heterocycles. The Bertz CT molecular complexity index is 766. The molecular weight excluding hydrogens is 324 g/mol. The first-order valence-corrected chi connectivity index (χ1v) is 9.28. The Hall–Kier alpha value is -2.29. The number of Topliss-reactive ketones (excluding diaryl/α,β-unsaturated/α-hetero) is 1. The van der Waals surface area contributed by atoms with Gasteiger partial charge in [0.1, 0.15) is 11.5 Å². The lowest BCUT2D eigenvalue weighted by Gasteiger charge is -2.32. The number of carbonyl (C=O) groups excluding carboxylic acids is 1. The third kappa shape index (κ3) is 3.77. The molecule has 2 rings (SSSR count). The lowest BCUT2D eigenvalue weighted by Crippen LogP contribution is -2.24. The van der Waals surface area contributed by atoms with Gasteiger partial charge in [-0.3, -0.25) is 4.79 Å². The molecule has 0 radical (unpaired) electrons. The molecule has 0 aliphatic rings. The highest BCUT2D eigenvalue weighted by Gasteiger charge is 2.31. The number of ether oxygens (including phenoxy) is 2. The Morgan fingerprint density at radius 3 is 2.38 bits per heavy atom. The Morgan fingerprint density at radius 1 is 1.08 bits per heavy atom. The van der Waals surface area contributed by atoms with Crippen LogP contribution in [0.15, 0.2) is 42.5 Å². The van der Waals surface area contributed by atoms with Crippen molar-refractivity contribution in [1.82, 2.24) is 0 Å². The molecule has 0 amide bonds. The standard InChI is InChI=1S/C23H30O3/c1-7-16(3)22(24)17-12-13-21(26-6)20(14-17)23(4,8-2)18-10-9-11-19(15-18)25-5/h9-16H,7-8H2,1-6H3. The van der Waals surface area contributed by atoms with Gasteiger partial charge in [-0.15, -0.1) is 0 Å². The SMILES string of the molecule is CCC(C)C(=O)c1ccc(OC)c(C(C)(CC)c2cccc(OC)c2)c1. The van der Waals surface area contributed by atoms with E-state index in [1.807, 2.05) is 44.2 Å². The van der Waals surface area contributed by atoms with E-state index in [9.17, 15) is 4.79 Å². The van der Waals surface area contributed by atoms with E-state index >= 15 is 0 Å². The van der Waals surface area contributed by atoms with Gasteiger partial charge in [-0.1, -0.05) is 39.8 Å². The number of rotatable bonds is 8. The largest absolute Gasteiger partial charge is 0.497 e. The first-order valence-electron chi connectivity index (χ1n) is 9.28. The van der Waals surface area contributed by atoms with Crippen LogP contribution < -0.4 is 9.47 Å². The molecule has 2 aromatic rings. The Kier molecular flexibility index (Phi) is 6.47. The Labute approximate surface area is 157 Å². The zero-order chi connectivity index (χ0) is 19.3. The van der Waals surface area contributed by atoms with Gasteiger partial charge in [0.2, 0.25) is 0 Å². The maximum atomic E-state index is 12.7. The first kappa shape index (κ1) is 20.0. The topological polar surface area (TPSA) is 35.5 Å². The second-order valence-electron chi connectivity index (χ2n) is 7.01. The molecule has 0 aliphatic heterocycles. The van der Waals surface area contributed by atoms with E-state index in [-0.39, 0.29) is 17.1 Å². The average Bonchev–Trinajstić information content (AvgIpc) is 2.71. The van der Waals surface area contributed by atoms with Gasteiger partial charge in [-0.05, 0) is 48.7 Å². The zero-order valence-corrected chi connectivity index (χ0v) is 16.8. The lowest BCUT2D eigenvalue weighted by molar-refractivity contribution is 0.0927. The van der Waals surface area contributed by atoms with E-state index < -0.39 is 0 Å². The third-order valence-corrected chi connectivity index (χ3v) is 5.55. The number of benzene rings is 2. The lowest BCUT2D eigenvalue weighted by atomic mass is 9.73. The van der Waals surface area contributed by atoms with Gasteiger partial charge in [0.25, 0.3) is 0 Å². The highest BCUT2D eigenvalue weighted by Crippen LogP contribution is 2.41. The molecule has 0 fully saturated rings. The molecule has 2 unspecified atom stereocenters. The van der Waals surface area contributed by atoms with Gasteiger partial charge in [0, 0.05) is 22.5 Å². The summed E-state index contributed by atoms with van der Waals surface area (Å²) in [5.41, 5.74) is 2.64. The van der Waals surface area contributed by atoms with Crippen LogP contribution in [0.3, 0.4) is 0 Å². The number of hydrogen-bond acceptors (Lipinski definition) is 3. The van der Waals surface area contributed by atoms with Crippen LogP contribution in [-0.4, -0.2) is 20.0 Å². The van der Waals surface area contributed by atoms with Crippen molar-refractivity contribution < 1.29 is 14.3 Å². The summed E-state index contributed by atoms with van der Waals surface area (Å²) in [6.45, 7) is 8.37. The minimum Gasteiger partial charge on any atom is -0.497 e. The number of methoxy groups -OCH3 is 2. The molecule has 0 saturated heterocycles. The minimum atomic E-state index is -0.286. The molecule has 0 aromatic heterocycles. The summed E-state index contributed by atoms with van der Waals surface area (Å²) in [5.74, 6) is 1.83. The Balaban J connectivity index is 2.62. The summed E-state index contributed by atoms with van der Waals surface area (Å²) < 4.78 is 11.1. The minimum absolute atomic E-state index is 0.0148. The van der Waals surface area contributed by atoms with E-state index in [1.54, 1.807) is 14.2 Å². The molecule has 0 aliphatic carbocycles. The van der Waals surface area contributed by atoms with Crippen LogP contribution in [0.4, 0.5) is 0 Å². The van der Waals surface area contributed by atoms with Crippen LogP contribution in [0.1, 0.15) is 62.0 Å². The normalized spacial score (nSPS) is 14.4. The van der Waals surface area contributed by atoms with Crippen molar-refractivity contribution in [2.75, 3.05) is 14.2 Å². The highest BCUT2D eigenvalue weighted by molar-refractivity contribution is 5.98. The van der Waals surface area contributed by atoms with Crippen LogP contribution in [-0.2, 0) is 5.41 Å². The van der Waals surface area contributed by atoms with E-state index in [4.69, 9.17) is 9.47 Å². The maximum Gasteiger partial charge on any atom is 0.165 e. The van der Waals surface area contributed by atoms with Gasteiger partial charge in [-0.2, -0.15) is 0 Å². The van der Waals surface area contributed by atoms with Crippen molar-refractivity contribution >= 4 is 5.78 Å². The predicted molar refractivity (Wildman–Crippen MR) is 107 cm³/mol. The first-order chi connectivity index (χ1) is 12.4. The van der Waals surface area contributed by atoms with Gasteiger partial charge in [-0.25, -0.2) is 0 Å². The van der Waals surface area contributed by atoms with Crippen LogP contribution in [0.2, 0.25) is 0 Å². The number of ketones is 1. The van der Waals surface area contributed by atoms with Gasteiger partial charge in [0.05, 0.1) is 14.2 Å². The second kappa shape index (κ2) is 8.39. The molecule has 3 heteroatoms. The summed E-state index contributed by atoms with van der Waals surface area (Å²) in [5, 5.41) is 0. The highest BCUT2D eigenvalue weighted by atomic mass is 16.5. The molecule has 2 atom stereocenters. The zero-order valence-electron chi connectivity index (χ0n) is 16.8. The summed E-state index contributed by atoms with van der Waals surface area (Å²) in [6.07, 6.45) is 1.71. The van der Waals surface area contributed by atoms with Crippen LogP contribution in [0, 0.1) is 5.92 Å². The molecular formula is C23H30O3. The van der Waals surface area contributed by atoms with Gasteiger partial charge >= 0.3 is 0 Å². The van der Waals surface area contributed by atoms with Crippen molar-refractivity contribution in [3.8, 4) is 11.5 Å². The summed E-state index contributed by atoms with van der Waals surface area (Å²) >= 11 is 0. The molecule has 0 N–H and O–H groups in total. The third-order valence-electron chi connectivity index (χ3n) is 5.55. The fourth-order valence-corrected chi connectivity index (χ4v) is 3.28. The smallest absolute Gasteiger partial charge is 0.165 e. The van der Waals surface area contributed by atoms with E-state index in [0.29, 0.717) is 0 Å². The van der Waals surface area contributed by atoms with Crippen molar-refractivity contribution in [2.24, 2.45) is 5.92 Å². The van der Waals surface area contributed by atoms with Gasteiger partial charge in [0.15, 0.2) is 5.78 Å². The quantitative estimate of drug-likeness (QED) is 0.575. The van der Waals surface area contributed by atoms with Gasteiger partial charge < -0.3 is 9.47 Å². The molecule has 0 spiro atoms. The fraction of sp³-hybridized carbons (Fsp3) is 0.435. The van der Waals surface area contributed by atoms with Crippen molar-refractivity contribution in [2.45, 2.75) is 46.0 Å². The predicted octanol–water partition coefficient (Wildman–Crippen LogP) is 5.65. The molecule has 26 heavy (non-hydrogen) atoms. The summed E-state index contributed by atoms with van der Waals surface area (Å²) in [4.78, 5) is 12.7. The van der Waals surface area contributed by atoms with Crippen molar-refractivity contribution in [1.29, 1.82) is 0 Å². The van der Waals surface area contributed by atoms with E-state index in [1.165, 1.54) is 0 Å². The van der Waals surface area contributed by atoms with Crippen LogP contribution >= 0.6 is 0 Å². The monoisotopic (exact) mass is 354 g/mol. The number of carbonyl (C=O) groups is 1. The molecule has 0 saturated carbocycles. The average molecular weight is 354 g/mol. The summed E-state index contributed by atoms with van der Waals surface area (Å²) in [6, 6.07) is 13.9. The van der Waals surface area contributed by atoms with E-state index in [0.717, 1.165) is 41.0 Å². The summed E-state index contributed by atoms with van der Waals surface area (Å²) in [7, 11) is 3.35. The molecule has 3 nitrogen and oxygen atoms in total. The molecule has 0 bridgehead atoms. The maximum absolute atomic E-state index is 12.7. The Morgan fingerprint density at radius 2 is 1.81 bits per heavy atom. The fourth-order valence-electron chi connectivity index (χ4n) is 3.28. The molecule has 140 valence electrons.